The molecule has 0 bridgehead atoms. The molecule has 3 aromatic carbocycles. The number of carbonyl (C=O) groups excluding carboxylic acids is 2. The number of benzene rings is 3. The van der Waals surface area contributed by atoms with E-state index in [0.717, 1.165) is 21.8 Å². The van der Waals surface area contributed by atoms with Crippen LogP contribution in [0.15, 0.2) is 59.5 Å². The van der Waals surface area contributed by atoms with Gasteiger partial charge in [0.1, 0.15) is 21.6 Å². The molecule has 3 aromatic rings. The van der Waals surface area contributed by atoms with Gasteiger partial charge in [-0.1, -0.05) is 0 Å². The maximum atomic E-state index is 13.3. The van der Waals surface area contributed by atoms with Crippen molar-refractivity contribution in [3.8, 4) is 11.5 Å². The normalized spacial score (nSPS) is 11.7. The molecule has 35 heavy (non-hydrogen) atoms. The Morgan fingerprint density at radius 1 is 0.771 bits per heavy atom. The highest BCUT2D eigenvalue weighted by atomic mass is 127. The molecule has 0 aromatic heterocycles. The molecule has 184 valence electrons. The lowest BCUT2D eigenvalue weighted by Gasteiger charge is -2.15. The summed E-state index contributed by atoms with van der Waals surface area (Å²) in [5, 5.41) is 0. The van der Waals surface area contributed by atoms with Crippen LogP contribution in [0.25, 0.3) is 0 Å². The second-order valence-electron chi connectivity index (χ2n) is 6.66. The number of halogens is 6. The van der Waals surface area contributed by atoms with Gasteiger partial charge in [0.15, 0.2) is 0 Å². The Kier molecular flexibility index (Phi) is 8.70. The molecule has 0 aliphatic heterocycles. The van der Waals surface area contributed by atoms with Crippen LogP contribution in [0.1, 0.15) is 26.3 Å². The molecule has 0 unspecified atom stereocenters. The molecule has 0 aliphatic carbocycles. The average Bonchev–Trinajstić information content (AvgIpc) is 2.72. The Hall–Kier alpha value is -1.51. The fourth-order valence-electron chi connectivity index (χ4n) is 2.73. The van der Waals surface area contributed by atoms with Crippen molar-refractivity contribution in [2.24, 2.45) is 0 Å². The first-order valence-electron chi connectivity index (χ1n) is 9.03. The van der Waals surface area contributed by atoms with E-state index in [1.165, 1.54) is 12.1 Å². The van der Waals surface area contributed by atoms with Crippen LogP contribution in [0.4, 0.5) is 13.2 Å². The summed E-state index contributed by atoms with van der Waals surface area (Å²) in [6, 6.07) is 10.2. The van der Waals surface area contributed by atoms with E-state index in [1.807, 2.05) is 22.6 Å². The number of hydrogen-bond donors (Lipinski definition) is 0. The predicted octanol–water partition coefficient (Wildman–Crippen LogP) is 5.86. The molecule has 0 spiro atoms. The molecular formula is C21H9F3I3O7S-. The van der Waals surface area contributed by atoms with E-state index in [9.17, 15) is 35.7 Å². The summed E-state index contributed by atoms with van der Waals surface area (Å²) >= 11 is 5.12. The quantitative estimate of drug-likeness (QED) is 0.137. The topological polar surface area (TPSA) is 110 Å². The van der Waals surface area contributed by atoms with Crippen LogP contribution in [0.3, 0.4) is 0 Å². The minimum atomic E-state index is -4.83. The molecule has 0 saturated carbocycles. The maximum absolute atomic E-state index is 13.3. The molecule has 14 heteroatoms. The van der Waals surface area contributed by atoms with Crippen molar-refractivity contribution in [3.05, 3.63) is 82.0 Å². The number of rotatable bonds is 5. The second kappa shape index (κ2) is 10.9. The average molecular weight is 843 g/mol. The summed E-state index contributed by atoms with van der Waals surface area (Å²) in [5.41, 5.74) is -2.40. The monoisotopic (exact) mass is 843 g/mol. The summed E-state index contributed by atoms with van der Waals surface area (Å²) in [5.74, 6) is -2.56. The molecule has 0 heterocycles. The van der Waals surface area contributed by atoms with Gasteiger partial charge in [-0.05, 0) is 122 Å². The molecule has 0 radical (unpaired) electrons. The summed E-state index contributed by atoms with van der Waals surface area (Å²) < 4.78 is 85.1. The van der Waals surface area contributed by atoms with Crippen LogP contribution < -0.4 is 9.47 Å². The molecule has 0 fully saturated rings. The zero-order valence-corrected chi connectivity index (χ0v) is 24.0. The minimum Gasteiger partial charge on any atom is -0.744 e. The van der Waals surface area contributed by atoms with Gasteiger partial charge in [-0.2, -0.15) is 13.2 Å². The summed E-state index contributed by atoms with van der Waals surface area (Å²) in [6.45, 7) is 0. The van der Waals surface area contributed by atoms with Gasteiger partial charge in [0.2, 0.25) is 0 Å². The van der Waals surface area contributed by atoms with Gasteiger partial charge in [-0.15, -0.1) is 0 Å². The summed E-state index contributed by atoms with van der Waals surface area (Å²) in [7, 11) is -4.83. The van der Waals surface area contributed by atoms with Gasteiger partial charge >= 0.3 is 18.1 Å². The van der Waals surface area contributed by atoms with Crippen LogP contribution in [-0.4, -0.2) is 24.9 Å². The highest BCUT2D eigenvalue weighted by Crippen LogP contribution is 2.33. The molecule has 0 saturated heterocycles. The lowest BCUT2D eigenvalue weighted by molar-refractivity contribution is -0.137. The SMILES string of the molecule is O=C(Oc1ccc(I)cc1)c1ccc(C(F)(F)F)cc1C(=O)Oc1cc(I)c(S(=O)(=O)[O-])c(I)c1. The Labute approximate surface area is 237 Å². The van der Waals surface area contributed by atoms with Crippen LogP contribution in [0, 0.1) is 10.7 Å². The summed E-state index contributed by atoms with van der Waals surface area (Å²) in [6.07, 6.45) is -4.82. The first-order chi connectivity index (χ1) is 16.2. The Morgan fingerprint density at radius 3 is 1.80 bits per heavy atom. The molecule has 3 rings (SSSR count). The number of ether oxygens (including phenoxy) is 2. The second-order valence-corrected chi connectivity index (χ2v) is 11.5. The number of alkyl halides is 3. The van der Waals surface area contributed by atoms with Gasteiger partial charge in [0.25, 0.3) is 0 Å². The maximum Gasteiger partial charge on any atom is 0.416 e. The Morgan fingerprint density at radius 2 is 1.29 bits per heavy atom. The number of esters is 2. The van der Waals surface area contributed by atoms with E-state index >= 15 is 0 Å². The van der Waals surface area contributed by atoms with E-state index < -0.39 is 49.8 Å². The summed E-state index contributed by atoms with van der Waals surface area (Å²) in [4.78, 5) is 25.0. The first-order valence-corrected chi connectivity index (χ1v) is 13.7. The fraction of sp³-hybridized carbons (Fsp3) is 0.0476. The van der Waals surface area contributed by atoms with Crippen molar-refractivity contribution in [1.82, 2.24) is 0 Å². The fourth-order valence-corrected chi connectivity index (χ4v) is 7.01. The molecule has 0 aliphatic rings. The van der Waals surface area contributed by atoms with Crippen molar-refractivity contribution in [1.29, 1.82) is 0 Å². The van der Waals surface area contributed by atoms with Crippen molar-refractivity contribution >= 4 is 89.8 Å². The zero-order chi connectivity index (χ0) is 26.1. The van der Waals surface area contributed by atoms with Crippen LogP contribution >= 0.6 is 67.8 Å². The van der Waals surface area contributed by atoms with Gasteiger partial charge in [-0.3, -0.25) is 0 Å². The Balaban J connectivity index is 2.00. The first kappa shape index (κ1) is 28.1. The molecule has 0 atom stereocenters. The number of hydrogen-bond acceptors (Lipinski definition) is 7. The third-order valence-corrected chi connectivity index (χ3v) is 8.34. The lowest BCUT2D eigenvalue weighted by Crippen LogP contribution is -2.19. The third kappa shape index (κ3) is 7.04. The van der Waals surface area contributed by atoms with Crippen molar-refractivity contribution in [3.63, 3.8) is 0 Å². The van der Waals surface area contributed by atoms with E-state index in [2.05, 4.69) is 0 Å². The van der Waals surface area contributed by atoms with Crippen molar-refractivity contribution < 1.29 is 45.2 Å². The van der Waals surface area contributed by atoms with Gasteiger partial charge < -0.3 is 14.0 Å². The highest BCUT2D eigenvalue weighted by molar-refractivity contribution is 14.1. The molecular weight excluding hydrogens is 834 g/mol. The smallest absolute Gasteiger partial charge is 0.416 e. The van der Waals surface area contributed by atoms with Crippen molar-refractivity contribution in [2.45, 2.75) is 11.1 Å². The minimum absolute atomic E-state index is 0.0605. The van der Waals surface area contributed by atoms with Gasteiger partial charge in [0, 0.05) is 10.7 Å². The molecule has 0 amide bonds. The zero-order valence-electron chi connectivity index (χ0n) is 16.7. The predicted molar refractivity (Wildman–Crippen MR) is 140 cm³/mol. The van der Waals surface area contributed by atoms with Crippen molar-refractivity contribution in [2.75, 3.05) is 0 Å². The van der Waals surface area contributed by atoms with E-state index in [4.69, 9.17) is 9.47 Å². The van der Waals surface area contributed by atoms with Gasteiger partial charge in [-0.25, -0.2) is 18.0 Å². The number of carbonyl (C=O) groups is 2. The van der Waals surface area contributed by atoms with E-state index in [-0.39, 0.29) is 18.6 Å². The molecule has 0 N–H and O–H groups in total. The van der Waals surface area contributed by atoms with Crippen LogP contribution in [0.5, 0.6) is 11.5 Å². The highest BCUT2D eigenvalue weighted by Gasteiger charge is 2.33. The molecule has 7 nitrogen and oxygen atoms in total. The largest absolute Gasteiger partial charge is 0.744 e. The Bertz CT molecular complexity index is 1400. The van der Waals surface area contributed by atoms with Crippen LogP contribution in [0.2, 0.25) is 0 Å². The van der Waals surface area contributed by atoms with Crippen LogP contribution in [-0.2, 0) is 16.3 Å². The third-order valence-electron chi connectivity index (χ3n) is 4.24. The van der Waals surface area contributed by atoms with E-state index in [0.29, 0.717) is 12.1 Å². The standard InChI is InChI=1S/C21H10F3I3O7S/c22-21(23,24)10-1-6-14(19(28)33-12-4-2-11(25)3-5-12)15(7-10)20(29)34-13-8-16(26)18(17(27)9-13)35(30,31)32/h1-9H,(H,30,31,32)/p-1. The lowest BCUT2D eigenvalue weighted by atomic mass is 10.0. The van der Waals surface area contributed by atoms with E-state index in [1.54, 1.807) is 57.3 Å². The van der Waals surface area contributed by atoms with Gasteiger partial charge in [0.05, 0.1) is 21.6 Å².